The Bertz CT molecular complexity index is 283. The van der Waals surface area contributed by atoms with Gasteiger partial charge in [0, 0.05) is 6.54 Å². The van der Waals surface area contributed by atoms with Crippen LogP contribution in [0, 0.1) is 11.6 Å². The van der Waals surface area contributed by atoms with Crippen LogP contribution in [0.4, 0.5) is 0 Å². The van der Waals surface area contributed by atoms with E-state index in [2.05, 4.69) is 10.6 Å². The molecule has 0 fully saturated rings. The number of rotatable bonds is 4. The molecule has 0 aliphatic carbocycles. The van der Waals surface area contributed by atoms with Crippen LogP contribution in [0.2, 0.25) is 0 Å². The van der Waals surface area contributed by atoms with E-state index < -0.39 is 0 Å². The summed E-state index contributed by atoms with van der Waals surface area (Å²) in [6.45, 7) is 2.57. The maximum absolute atomic E-state index is 7.01. The number of benzene rings is 1. The molecule has 14 heavy (non-hydrogen) atoms. The number of guanidine groups is 1. The van der Waals surface area contributed by atoms with Gasteiger partial charge in [-0.25, -0.2) is 0 Å². The lowest BCUT2D eigenvalue weighted by atomic mass is 10.2. The minimum atomic E-state index is -0.0527. The van der Waals surface area contributed by atoms with Gasteiger partial charge >= 0.3 is 0 Å². The molecule has 4 nitrogen and oxygen atoms in total. The normalized spacial score (nSPS) is 10.1. The number of nitrogens with two attached hydrogens (primary N) is 1. The van der Waals surface area contributed by atoms with Crippen molar-refractivity contribution < 1.29 is 0 Å². The topological polar surface area (TPSA) is 73.9 Å². The second-order valence-corrected chi connectivity index (χ2v) is 3.00. The van der Waals surface area contributed by atoms with Crippen molar-refractivity contribution in [2.24, 2.45) is 5.73 Å². The molecule has 5 N–H and O–H groups in total. The first-order valence-corrected chi connectivity index (χ1v) is 4.41. The fraction of sp³-hybridized carbons (Fsp3) is 0.200. The lowest BCUT2D eigenvalue weighted by Gasteiger charge is -2.13. The van der Waals surface area contributed by atoms with Crippen LogP contribution in [0.1, 0.15) is 12.5 Å². The van der Waals surface area contributed by atoms with Gasteiger partial charge in [-0.1, -0.05) is 30.3 Å². The lowest BCUT2D eigenvalue weighted by Crippen LogP contribution is -2.39. The Hall–Kier alpha value is -1.55. The molecule has 0 saturated carbocycles. The fourth-order valence-corrected chi connectivity index (χ4v) is 1.08. The first-order valence-electron chi connectivity index (χ1n) is 4.41. The number of hydrogen-bond acceptors (Lipinski definition) is 2. The summed E-state index contributed by atoms with van der Waals surface area (Å²) >= 11 is 0. The molecule has 1 aromatic carbocycles. The zero-order valence-corrected chi connectivity index (χ0v) is 8.17. The molecule has 0 aliphatic rings. The van der Waals surface area contributed by atoms with Crippen molar-refractivity contribution in [1.29, 1.82) is 5.41 Å². The van der Waals surface area contributed by atoms with Crippen LogP contribution in [0.15, 0.2) is 30.3 Å². The van der Waals surface area contributed by atoms with Crippen molar-refractivity contribution in [3.05, 3.63) is 42.1 Å². The third-order valence-corrected chi connectivity index (χ3v) is 1.72. The predicted molar refractivity (Wildman–Crippen MR) is 57.2 cm³/mol. The summed E-state index contributed by atoms with van der Waals surface area (Å²) in [5.74, 6) is -0.0527. The van der Waals surface area contributed by atoms with Gasteiger partial charge in [0.1, 0.15) is 6.17 Å². The summed E-state index contributed by atoms with van der Waals surface area (Å²) in [4.78, 5) is 0. The van der Waals surface area contributed by atoms with Crippen molar-refractivity contribution >= 4 is 5.96 Å². The predicted octanol–water partition coefficient (Wildman–Crippen LogP) is 0.769. The number of nitrogens with one attached hydrogen (secondary N) is 3. The second-order valence-electron chi connectivity index (χ2n) is 3.00. The van der Waals surface area contributed by atoms with Gasteiger partial charge < -0.3 is 11.1 Å². The zero-order valence-electron chi connectivity index (χ0n) is 8.17. The van der Waals surface area contributed by atoms with E-state index in [4.69, 9.17) is 11.1 Å². The standard InChI is InChI=1S/C10H15N4/c1-8(14-10(11)12)13-7-9-5-3-2-4-6-9/h2-6,13H,7H2,1H3,(H4,11,12,14). The molecule has 1 aromatic rings. The highest BCUT2D eigenvalue weighted by molar-refractivity contribution is 5.75. The monoisotopic (exact) mass is 191 g/mol. The van der Waals surface area contributed by atoms with Crippen molar-refractivity contribution in [1.82, 2.24) is 10.6 Å². The van der Waals surface area contributed by atoms with Gasteiger partial charge in [0.15, 0.2) is 5.96 Å². The molecule has 0 bridgehead atoms. The Morgan fingerprint density at radius 2 is 2.00 bits per heavy atom. The van der Waals surface area contributed by atoms with Gasteiger partial charge in [0.05, 0.1) is 0 Å². The highest BCUT2D eigenvalue weighted by atomic mass is 15.2. The first-order chi connectivity index (χ1) is 6.68. The average Bonchev–Trinajstić information content (AvgIpc) is 2.15. The van der Waals surface area contributed by atoms with Gasteiger partial charge in [-0.05, 0) is 12.5 Å². The molecule has 0 spiro atoms. The van der Waals surface area contributed by atoms with E-state index in [1.165, 1.54) is 5.56 Å². The Balaban J connectivity index is 2.30. The third kappa shape index (κ3) is 3.91. The van der Waals surface area contributed by atoms with E-state index in [-0.39, 0.29) is 5.96 Å². The van der Waals surface area contributed by atoms with E-state index in [0.29, 0.717) is 0 Å². The fourth-order valence-electron chi connectivity index (χ4n) is 1.08. The molecule has 0 aliphatic heterocycles. The molecule has 0 amide bonds. The van der Waals surface area contributed by atoms with Gasteiger partial charge in [0.25, 0.3) is 0 Å². The summed E-state index contributed by atoms with van der Waals surface area (Å²) in [6.07, 6.45) is 0.779. The molecule has 0 aromatic heterocycles. The highest BCUT2D eigenvalue weighted by Crippen LogP contribution is 1.98. The molecule has 1 radical (unpaired) electrons. The van der Waals surface area contributed by atoms with E-state index in [0.717, 1.165) is 12.7 Å². The molecule has 0 unspecified atom stereocenters. The van der Waals surface area contributed by atoms with Crippen LogP contribution in [0.25, 0.3) is 0 Å². The maximum Gasteiger partial charge on any atom is 0.187 e. The third-order valence-electron chi connectivity index (χ3n) is 1.72. The second kappa shape index (κ2) is 5.24. The van der Waals surface area contributed by atoms with Crippen molar-refractivity contribution in [3.8, 4) is 0 Å². The maximum atomic E-state index is 7.01. The Morgan fingerprint density at radius 1 is 1.36 bits per heavy atom. The average molecular weight is 191 g/mol. The largest absolute Gasteiger partial charge is 0.370 e. The van der Waals surface area contributed by atoms with Crippen LogP contribution in [0.5, 0.6) is 0 Å². The van der Waals surface area contributed by atoms with Crippen molar-refractivity contribution in [2.75, 3.05) is 0 Å². The molecule has 75 valence electrons. The minimum Gasteiger partial charge on any atom is -0.370 e. The van der Waals surface area contributed by atoms with E-state index in [9.17, 15) is 0 Å². The highest BCUT2D eigenvalue weighted by Gasteiger charge is 2.01. The summed E-state index contributed by atoms with van der Waals surface area (Å²) in [7, 11) is 0. The molecule has 4 heteroatoms. The summed E-state index contributed by atoms with van der Waals surface area (Å²) in [6, 6.07) is 10.0. The summed E-state index contributed by atoms with van der Waals surface area (Å²) in [5, 5.41) is 12.8. The van der Waals surface area contributed by atoms with Crippen molar-refractivity contribution in [3.63, 3.8) is 0 Å². The first kappa shape index (κ1) is 10.5. The quantitative estimate of drug-likeness (QED) is 0.419. The van der Waals surface area contributed by atoms with Gasteiger partial charge in [-0.3, -0.25) is 10.7 Å². The Labute approximate surface area is 84.0 Å². The Kier molecular flexibility index (Phi) is 3.94. The van der Waals surface area contributed by atoms with Gasteiger partial charge in [-0.15, -0.1) is 0 Å². The van der Waals surface area contributed by atoms with Crippen LogP contribution in [-0.4, -0.2) is 5.96 Å². The summed E-state index contributed by atoms with van der Waals surface area (Å²) < 4.78 is 0. The summed E-state index contributed by atoms with van der Waals surface area (Å²) in [5.41, 5.74) is 6.37. The van der Waals surface area contributed by atoms with E-state index in [1.807, 2.05) is 37.3 Å². The van der Waals surface area contributed by atoms with E-state index >= 15 is 0 Å². The van der Waals surface area contributed by atoms with E-state index in [1.54, 1.807) is 0 Å². The molecule has 0 saturated heterocycles. The zero-order chi connectivity index (χ0) is 10.4. The molecule has 0 atom stereocenters. The van der Waals surface area contributed by atoms with Gasteiger partial charge in [0.2, 0.25) is 0 Å². The molecular weight excluding hydrogens is 176 g/mol. The van der Waals surface area contributed by atoms with Crippen LogP contribution in [0.3, 0.4) is 0 Å². The molecule has 1 rings (SSSR count). The van der Waals surface area contributed by atoms with Gasteiger partial charge in [-0.2, -0.15) is 0 Å². The van der Waals surface area contributed by atoms with Crippen LogP contribution < -0.4 is 16.4 Å². The van der Waals surface area contributed by atoms with Crippen molar-refractivity contribution in [2.45, 2.75) is 13.5 Å². The Morgan fingerprint density at radius 3 is 2.57 bits per heavy atom. The molecular formula is C10H15N4. The van der Waals surface area contributed by atoms with Crippen LogP contribution in [-0.2, 0) is 6.54 Å². The smallest absolute Gasteiger partial charge is 0.187 e. The lowest BCUT2D eigenvalue weighted by molar-refractivity contribution is 0.651. The van der Waals surface area contributed by atoms with Crippen LogP contribution >= 0.6 is 0 Å². The molecule has 0 heterocycles. The minimum absolute atomic E-state index is 0.0527. The SMILES string of the molecule is C[C](NCc1ccccc1)NC(=N)N. The number of hydrogen-bond donors (Lipinski definition) is 4.